The Morgan fingerprint density at radius 1 is 1.07 bits per heavy atom. The van der Waals surface area contributed by atoms with E-state index in [0.717, 1.165) is 0 Å². The molecule has 0 radical (unpaired) electrons. The Balaban J connectivity index is 4.13. The van der Waals surface area contributed by atoms with Crippen molar-refractivity contribution in [2.24, 2.45) is 0 Å². The maximum Gasteiger partial charge on any atom is 0.475 e. The van der Waals surface area contributed by atoms with Gasteiger partial charge in [-0.3, -0.25) is 18.4 Å². The van der Waals surface area contributed by atoms with Gasteiger partial charge in [0.05, 0.1) is 13.2 Å². The van der Waals surface area contributed by atoms with Crippen molar-refractivity contribution in [2.75, 3.05) is 19.8 Å². The number of hydrogen-bond acceptors (Lipinski definition) is 5. The smallest absolute Gasteiger partial charge is 0.297 e. The molecular formula is C9H19O5P. The van der Waals surface area contributed by atoms with Gasteiger partial charge in [0.25, 0.3) is 0 Å². The zero-order valence-electron chi connectivity index (χ0n) is 9.52. The lowest BCUT2D eigenvalue weighted by Crippen LogP contribution is -2.07. The Hall–Kier alpha value is -0.220. The average molecular weight is 238 g/mol. The van der Waals surface area contributed by atoms with Crippen LogP contribution in [-0.4, -0.2) is 25.6 Å². The lowest BCUT2D eigenvalue weighted by Gasteiger charge is -2.16. The molecule has 5 nitrogen and oxygen atoms in total. The van der Waals surface area contributed by atoms with Crippen LogP contribution < -0.4 is 0 Å². The second kappa shape index (κ2) is 7.99. The summed E-state index contributed by atoms with van der Waals surface area (Å²) in [6.45, 7) is 5.46. The fourth-order valence-corrected chi connectivity index (χ4v) is 2.06. The summed E-state index contributed by atoms with van der Waals surface area (Å²) in [4.78, 5) is 10.7. The minimum Gasteiger partial charge on any atom is -0.297 e. The van der Waals surface area contributed by atoms with Gasteiger partial charge in [-0.1, -0.05) is 13.8 Å². The number of Topliss-reactive ketones (excluding diaryl/α,β-unsaturated/α-hetero) is 1. The first-order chi connectivity index (χ1) is 7.04. The van der Waals surface area contributed by atoms with Gasteiger partial charge in [-0.2, -0.15) is 0 Å². The van der Waals surface area contributed by atoms with Crippen LogP contribution in [0.5, 0.6) is 0 Å². The minimum atomic E-state index is -3.53. The lowest BCUT2D eigenvalue weighted by atomic mass is 10.5. The summed E-state index contributed by atoms with van der Waals surface area (Å²) >= 11 is 0. The summed E-state index contributed by atoms with van der Waals surface area (Å²) in [7, 11) is -3.53. The summed E-state index contributed by atoms with van der Waals surface area (Å²) in [5, 5.41) is 0. The van der Waals surface area contributed by atoms with Crippen LogP contribution in [0.15, 0.2) is 0 Å². The predicted octanol–water partition coefficient (Wildman–Crippen LogP) is 2.55. The quantitative estimate of drug-likeness (QED) is 0.577. The molecule has 0 aromatic heterocycles. The molecule has 0 saturated carbocycles. The Morgan fingerprint density at radius 3 is 1.87 bits per heavy atom. The molecular weight excluding hydrogens is 219 g/mol. The molecule has 0 amide bonds. The summed E-state index contributed by atoms with van der Waals surface area (Å²) in [6, 6.07) is 0. The molecule has 0 bridgehead atoms. The zero-order chi connectivity index (χ0) is 11.7. The lowest BCUT2D eigenvalue weighted by molar-refractivity contribution is -0.119. The maximum absolute atomic E-state index is 11.8. The van der Waals surface area contributed by atoms with Gasteiger partial charge in [-0.15, -0.1) is 0 Å². The second-order valence-electron chi connectivity index (χ2n) is 3.09. The molecule has 0 N–H and O–H groups in total. The van der Waals surface area contributed by atoms with Gasteiger partial charge in [-0.05, 0) is 19.8 Å². The van der Waals surface area contributed by atoms with Crippen molar-refractivity contribution in [3.8, 4) is 0 Å². The summed E-state index contributed by atoms with van der Waals surface area (Å²) in [5.74, 6) is -0.213. The van der Waals surface area contributed by atoms with E-state index in [9.17, 15) is 9.36 Å². The molecule has 90 valence electrons. The summed E-state index contributed by atoms with van der Waals surface area (Å²) in [5.41, 5.74) is 0. The van der Waals surface area contributed by atoms with E-state index in [4.69, 9.17) is 13.6 Å². The van der Waals surface area contributed by atoms with E-state index in [-0.39, 0.29) is 12.4 Å². The Bertz CT molecular complexity index is 217. The van der Waals surface area contributed by atoms with Gasteiger partial charge in [0, 0.05) is 0 Å². The number of ketones is 1. The van der Waals surface area contributed by atoms with Crippen LogP contribution in [0.4, 0.5) is 0 Å². The molecule has 0 unspecified atom stereocenters. The molecule has 0 aromatic rings. The third-order valence-corrected chi connectivity index (χ3v) is 2.78. The van der Waals surface area contributed by atoms with Gasteiger partial charge in [-0.25, -0.2) is 4.57 Å². The van der Waals surface area contributed by atoms with E-state index in [1.807, 2.05) is 13.8 Å². The number of rotatable bonds is 9. The van der Waals surface area contributed by atoms with Crippen LogP contribution >= 0.6 is 7.82 Å². The van der Waals surface area contributed by atoms with Crippen molar-refractivity contribution in [3.05, 3.63) is 0 Å². The number of carbonyl (C=O) groups excluding carboxylic acids is 1. The number of phosphoric acid groups is 1. The third kappa shape index (κ3) is 7.68. The summed E-state index contributed by atoms with van der Waals surface area (Å²) in [6.07, 6.45) is 1.42. The van der Waals surface area contributed by atoms with Crippen molar-refractivity contribution in [2.45, 2.75) is 33.6 Å². The molecule has 0 aliphatic rings. The first-order valence-electron chi connectivity index (χ1n) is 5.07. The van der Waals surface area contributed by atoms with Crippen molar-refractivity contribution in [1.82, 2.24) is 0 Å². The van der Waals surface area contributed by atoms with Crippen LogP contribution in [0.25, 0.3) is 0 Å². The molecule has 0 rings (SSSR count). The van der Waals surface area contributed by atoms with Crippen molar-refractivity contribution >= 4 is 13.6 Å². The van der Waals surface area contributed by atoms with E-state index in [1.165, 1.54) is 6.92 Å². The fourth-order valence-electron chi connectivity index (χ4n) is 0.688. The number of hydrogen-bond donors (Lipinski definition) is 0. The van der Waals surface area contributed by atoms with Crippen molar-refractivity contribution in [3.63, 3.8) is 0 Å². The van der Waals surface area contributed by atoms with Gasteiger partial charge in [0.1, 0.15) is 6.61 Å². The Kier molecular flexibility index (Phi) is 7.88. The molecule has 0 aliphatic carbocycles. The number of carbonyl (C=O) groups is 1. The van der Waals surface area contributed by atoms with Crippen LogP contribution in [0.2, 0.25) is 0 Å². The molecule has 15 heavy (non-hydrogen) atoms. The van der Waals surface area contributed by atoms with E-state index in [2.05, 4.69) is 0 Å². The van der Waals surface area contributed by atoms with Crippen LogP contribution in [-0.2, 0) is 22.9 Å². The number of phosphoric ester groups is 1. The maximum atomic E-state index is 11.8. The molecule has 0 aromatic carbocycles. The standard InChI is InChI=1S/C9H19O5P/c1-4-6-12-15(11,13-7-5-2)14-8-9(3)10/h4-8H2,1-3H3. The Labute approximate surface area is 90.7 Å². The van der Waals surface area contributed by atoms with E-state index < -0.39 is 7.82 Å². The Morgan fingerprint density at radius 2 is 1.53 bits per heavy atom. The highest BCUT2D eigenvalue weighted by Gasteiger charge is 2.26. The van der Waals surface area contributed by atoms with Gasteiger partial charge in [0.15, 0.2) is 5.78 Å². The SMILES string of the molecule is CCCOP(=O)(OCCC)OCC(C)=O. The topological polar surface area (TPSA) is 61.8 Å². The van der Waals surface area contributed by atoms with Crippen LogP contribution in [0.3, 0.4) is 0 Å². The highest BCUT2D eigenvalue weighted by Crippen LogP contribution is 2.49. The van der Waals surface area contributed by atoms with E-state index in [0.29, 0.717) is 26.1 Å². The highest BCUT2D eigenvalue weighted by atomic mass is 31.2. The van der Waals surface area contributed by atoms with E-state index in [1.54, 1.807) is 0 Å². The largest absolute Gasteiger partial charge is 0.475 e. The first kappa shape index (κ1) is 14.8. The van der Waals surface area contributed by atoms with Crippen LogP contribution in [0, 0.1) is 0 Å². The van der Waals surface area contributed by atoms with Gasteiger partial charge in [0.2, 0.25) is 0 Å². The molecule has 0 atom stereocenters. The molecule has 0 fully saturated rings. The normalized spacial score (nSPS) is 11.7. The molecule has 0 aliphatic heterocycles. The zero-order valence-corrected chi connectivity index (χ0v) is 10.4. The highest BCUT2D eigenvalue weighted by molar-refractivity contribution is 7.48. The second-order valence-corrected chi connectivity index (χ2v) is 4.76. The molecule has 6 heteroatoms. The predicted molar refractivity (Wildman–Crippen MR) is 56.7 cm³/mol. The molecule has 0 spiro atoms. The van der Waals surface area contributed by atoms with E-state index >= 15 is 0 Å². The molecule has 0 heterocycles. The van der Waals surface area contributed by atoms with Gasteiger partial charge < -0.3 is 0 Å². The first-order valence-corrected chi connectivity index (χ1v) is 6.53. The van der Waals surface area contributed by atoms with Crippen molar-refractivity contribution in [1.29, 1.82) is 0 Å². The monoisotopic (exact) mass is 238 g/mol. The van der Waals surface area contributed by atoms with Crippen molar-refractivity contribution < 1.29 is 22.9 Å². The fraction of sp³-hybridized carbons (Fsp3) is 0.889. The summed E-state index contributed by atoms with van der Waals surface area (Å²) < 4.78 is 26.7. The minimum absolute atomic E-state index is 0.213. The van der Waals surface area contributed by atoms with Crippen LogP contribution in [0.1, 0.15) is 33.6 Å². The molecule has 0 saturated heterocycles. The van der Waals surface area contributed by atoms with Gasteiger partial charge >= 0.3 is 7.82 Å². The third-order valence-electron chi connectivity index (χ3n) is 1.33. The average Bonchev–Trinajstić information content (AvgIpc) is 2.21.